The summed E-state index contributed by atoms with van der Waals surface area (Å²) in [5.74, 6) is 0. The molecule has 2 heteroatoms. The normalized spacial score (nSPS) is 11.2. The molecule has 0 spiro atoms. The van der Waals surface area contributed by atoms with Crippen molar-refractivity contribution >= 4 is 21.6 Å². The average molecular weight is 281 g/mol. The van der Waals surface area contributed by atoms with E-state index in [-0.39, 0.29) is 0 Å². The highest BCUT2D eigenvalue weighted by Crippen LogP contribution is 2.40. The molecule has 0 N–H and O–H groups in total. The fourth-order valence-electron chi connectivity index (χ4n) is 3.06. The number of hydrogen-bond acceptors (Lipinski definition) is 2. The van der Waals surface area contributed by atoms with E-state index in [1.165, 1.54) is 37.4 Å². The van der Waals surface area contributed by atoms with Gasteiger partial charge in [0.25, 0.3) is 0 Å². The molecule has 2 heterocycles. The number of nitrogens with zero attached hydrogens (tertiary/aromatic N) is 1. The van der Waals surface area contributed by atoms with E-state index < -0.39 is 0 Å². The van der Waals surface area contributed by atoms with Crippen LogP contribution in [-0.2, 0) is 0 Å². The summed E-state index contributed by atoms with van der Waals surface area (Å²) in [6.07, 6.45) is 0. The van der Waals surface area contributed by atoms with Gasteiger partial charge in [-0.1, -0.05) is 17.7 Å². The lowest BCUT2D eigenvalue weighted by Crippen LogP contribution is -1.92. The van der Waals surface area contributed by atoms with Gasteiger partial charge in [0.2, 0.25) is 0 Å². The summed E-state index contributed by atoms with van der Waals surface area (Å²) < 4.78 is 1.28. The van der Waals surface area contributed by atoms with Crippen LogP contribution in [0.2, 0.25) is 0 Å². The minimum absolute atomic E-state index is 1.08. The van der Waals surface area contributed by atoms with E-state index in [9.17, 15) is 0 Å². The van der Waals surface area contributed by atoms with Gasteiger partial charge < -0.3 is 0 Å². The zero-order valence-electron chi connectivity index (χ0n) is 12.7. The molecule has 0 aliphatic heterocycles. The number of aryl methyl sites for hydroxylation is 5. The predicted molar refractivity (Wildman–Crippen MR) is 88.7 cm³/mol. The molecule has 0 amide bonds. The van der Waals surface area contributed by atoms with E-state index >= 15 is 0 Å². The Labute approximate surface area is 124 Å². The number of hydrogen-bond donors (Lipinski definition) is 0. The summed E-state index contributed by atoms with van der Waals surface area (Å²) in [6, 6.07) is 8.82. The molecule has 0 unspecified atom stereocenters. The fraction of sp³-hybridized carbons (Fsp3) is 0.278. The molecule has 3 aromatic rings. The van der Waals surface area contributed by atoms with Gasteiger partial charge in [0, 0.05) is 16.1 Å². The zero-order valence-corrected chi connectivity index (χ0v) is 13.5. The van der Waals surface area contributed by atoms with E-state index in [1.807, 2.05) is 11.3 Å². The number of pyridine rings is 1. The summed E-state index contributed by atoms with van der Waals surface area (Å²) in [6.45, 7) is 10.8. The largest absolute Gasteiger partial charge is 0.252 e. The summed E-state index contributed by atoms with van der Waals surface area (Å²) in [5, 5.41) is 0. The second-order valence-corrected chi connectivity index (χ2v) is 6.86. The van der Waals surface area contributed by atoms with Crippen LogP contribution in [0.1, 0.15) is 27.3 Å². The summed E-state index contributed by atoms with van der Waals surface area (Å²) >= 11 is 1.84. The third-order valence-corrected chi connectivity index (χ3v) is 4.84. The van der Waals surface area contributed by atoms with Crippen LogP contribution in [-0.4, -0.2) is 4.98 Å². The molecule has 0 aliphatic carbocycles. The van der Waals surface area contributed by atoms with E-state index in [1.54, 1.807) is 0 Å². The lowest BCUT2D eigenvalue weighted by atomic mass is 9.93. The molecular weight excluding hydrogens is 262 g/mol. The Morgan fingerprint density at radius 1 is 0.850 bits per heavy atom. The Balaban J connectivity index is 2.40. The quantitative estimate of drug-likeness (QED) is 0.573. The standard InChI is InChI=1S/C18H19NS/c1-10-8-11(2)16(12(3)9-10)17-14(5)20-15-7-6-13(4)19-18(15)17/h6-9H,1-5H3. The highest BCUT2D eigenvalue weighted by atomic mass is 32.1. The summed E-state index contributed by atoms with van der Waals surface area (Å²) in [7, 11) is 0. The number of benzene rings is 1. The highest BCUT2D eigenvalue weighted by Gasteiger charge is 2.16. The third kappa shape index (κ3) is 2.04. The van der Waals surface area contributed by atoms with Crippen LogP contribution in [0.4, 0.5) is 0 Å². The molecule has 102 valence electrons. The van der Waals surface area contributed by atoms with Crippen molar-refractivity contribution in [2.75, 3.05) is 0 Å². The molecule has 2 aromatic heterocycles. The molecule has 1 nitrogen and oxygen atoms in total. The van der Waals surface area contributed by atoms with Gasteiger partial charge in [-0.3, -0.25) is 4.98 Å². The molecule has 0 saturated carbocycles. The van der Waals surface area contributed by atoms with Crippen LogP contribution in [0.25, 0.3) is 21.3 Å². The fourth-order valence-corrected chi connectivity index (χ4v) is 4.07. The minimum Gasteiger partial charge on any atom is -0.252 e. The molecule has 0 bridgehead atoms. The van der Waals surface area contributed by atoms with Gasteiger partial charge in [-0.2, -0.15) is 0 Å². The van der Waals surface area contributed by atoms with Gasteiger partial charge in [0.05, 0.1) is 10.2 Å². The van der Waals surface area contributed by atoms with Crippen molar-refractivity contribution in [2.24, 2.45) is 0 Å². The van der Waals surface area contributed by atoms with Crippen molar-refractivity contribution in [1.82, 2.24) is 4.98 Å². The van der Waals surface area contributed by atoms with Crippen molar-refractivity contribution in [3.05, 3.63) is 51.5 Å². The molecule has 20 heavy (non-hydrogen) atoms. The Bertz CT molecular complexity index is 789. The molecular formula is C18H19NS. The zero-order chi connectivity index (χ0) is 14.4. The van der Waals surface area contributed by atoms with Crippen LogP contribution in [0.5, 0.6) is 0 Å². The van der Waals surface area contributed by atoms with Gasteiger partial charge in [-0.05, 0) is 63.4 Å². The van der Waals surface area contributed by atoms with Crippen molar-refractivity contribution < 1.29 is 0 Å². The van der Waals surface area contributed by atoms with Gasteiger partial charge in [-0.25, -0.2) is 0 Å². The van der Waals surface area contributed by atoms with Crippen molar-refractivity contribution in [1.29, 1.82) is 0 Å². The van der Waals surface area contributed by atoms with Gasteiger partial charge in [0.15, 0.2) is 0 Å². The van der Waals surface area contributed by atoms with E-state index in [2.05, 4.69) is 58.9 Å². The van der Waals surface area contributed by atoms with Crippen LogP contribution in [0.15, 0.2) is 24.3 Å². The van der Waals surface area contributed by atoms with Gasteiger partial charge in [0.1, 0.15) is 0 Å². The van der Waals surface area contributed by atoms with Crippen LogP contribution in [0, 0.1) is 34.6 Å². The first-order chi connectivity index (χ1) is 9.47. The number of rotatable bonds is 1. The van der Waals surface area contributed by atoms with Crippen LogP contribution >= 0.6 is 11.3 Å². The second kappa shape index (κ2) is 4.71. The van der Waals surface area contributed by atoms with E-state index in [0.29, 0.717) is 0 Å². The van der Waals surface area contributed by atoms with Crippen molar-refractivity contribution in [2.45, 2.75) is 34.6 Å². The lowest BCUT2D eigenvalue weighted by molar-refractivity contribution is 1.25. The summed E-state index contributed by atoms with van der Waals surface area (Å²) in [5.41, 5.74) is 8.93. The first-order valence-corrected chi connectivity index (χ1v) is 7.74. The minimum atomic E-state index is 1.08. The summed E-state index contributed by atoms with van der Waals surface area (Å²) in [4.78, 5) is 6.14. The van der Waals surface area contributed by atoms with E-state index in [0.717, 1.165) is 11.2 Å². The molecule has 0 aliphatic rings. The first kappa shape index (κ1) is 13.3. The lowest BCUT2D eigenvalue weighted by Gasteiger charge is -2.12. The Morgan fingerprint density at radius 3 is 2.15 bits per heavy atom. The highest BCUT2D eigenvalue weighted by molar-refractivity contribution is 7.19. The smallest absolute Gasteiger partial charge is 0.0894 e. The maximum Gasteiger partial charge on any atom is 0.0894 e. The second-order valence-electron chi connectivity index (χ2n) is 5.61. The predicted octanol–water partition coefficient (Wildman–Crippen LogP) is 5.51. The SMILES string of the molecule is Cc1cc(C)c(-c2c(C)sc3ccc(C)nc23)c(C)c1. The Morgan fingerprint density at radius 2 is 1.50 bits per heavy atom. The van der Waals surface area contributed by atoms with Gasteiger partial charge in [-0.15, -0.1) is 11.3 Å². The maximum atomic E-state index is 4.79. The molecule has 0 saturated heterocycles. The van der Waals surface area contributed by atoms with E-state index in [4.69, 9.17) is 4.98 Å². The molecule has 0 radical (unpaired) electrons. The molecule has 0 atom stereocenters. The molecule has 1 aromatic carbocycles. The Kier molecular flexibility index (Phi) is 3.14. The Hall–Kier alpha value is -1.67. The topological polar surface area (TPSA) is 12.9 Å². The van der Waals surface area contributed by atoms with Gasteiger partial charge >= 0.3 is 0 Å². The molecule has 0 fully saturated rings. The maximum absolute atomic E-state index is 4.79. The van der Waals surface area contributed by atoms with Crippen LogP contribution in [0.3, 0.4) is 0 Å². The average Bonchev–Trinajstić information content (AvgIpc) is 2.65. The van der Waals surface area contributed by atoms with Crippen molar-refractivity contribution in [3.63, 3.8) is 0 Å². The third-order valence-electron chi connectivity index (χ3n) is 3.78. The monoisotopic (exact) mass is 281 g/mol. The number of fused-ring (bicyclic) bond motifs is 1. The number of aromatic nitrogens is 1. The van der Waals surface area contributed by atoms with Crippen molar-refractivity contribution in [3.8, 4) is 11.1 Å². The molecule has 3 rings (SSSR count). The number of thiophene rings is 1. The van der Waals surface area contributed by atoms with Crippen LogP contribution < -0.4 is 0 Å². The first-order valence-electron chi connectivity index (χ1n) is 6.92.